The molecule has 3 rings (SSSR count). The van der Waals surface area contributed by atoms with Gasteiger partial charge in [-0.05, 0) is 37.9 Å². The first-order valence-corrected chi connectivity index (χ1v) is 8.01. The van der Waals surface area contributed by atoms with E-state index < -0.39 is 0 Å². The first-order valence-electron chi connectivity index (χ1n) is 8.01. The summed E-state index contributed by atoms with van der Waals surface area (Å²) in [6.45, 7) is 4.99. The van der Waals surface area contributed by atoms with Crippen LogP contribution in [0, 0.1) is 0 Å². The molecule has 3 heteroatoms. The molecule has 2 heterocycles. The van der Waals surface area contributed by atoms with Crippen LogP contribution in [-0.4, -0.2) is 51.2 Å². The van der Waals surface area contributed by atoms with E-state index in [-0.39, 0.29) is 0 Å². The minimum atomic E-state index is 0.765. The predicted octanol–water partition coefficient (Wildman–Crippen LogP) is 2.82. The standard InChI is InChI=1S/C17H27N3/c1-18(2)16-9-3-4-10-17(16)20-13-7-12-19-11-6-5-8-15(19)14-20/h3-4,9-10,15H,5-8,11-14H2,1-2H3. The van der Waals surface area contributed by atoms with E-state index in [9.17, 15) is 0 Å². The van der Waals surface area contributed by atoms with Crippen molar-refractivity contribution in [3.8, 4) is 0 Å². The zero-order chi connectivity index (χ0) is 13.9. The first kappa shape index (κ1) is 13.7. The lowest BCUT2D eigenvalue weighted by atomic mass is 10.0. The van der Waals surface area contributed by atoms with Gasteiger partial charge in [-0.15, -0.1) is 0 Å². The third-order valence-corrected chi connectivity index (χ3v) is 4.76. The van der Waals surface area contributed by atoms with E-state index in [4.69, 9.17) is 0 Å². The van der Waals surface area contributed by atoms with Gasteiger partial charge in [-0.3, -0.25) is 4.90 Å². The van der Waals surface area contributed by atoms with Crippen molar-refractivity contribution in [2.45, 2.75) is 31.7 Å². The summed E-state index contributed by atoms with van der Waals surface area (Å²) < 4.78 is 0. The van der Waals surface area contributed by atoms with E-state index in [1.165, 1.54) is 63.2 Å². The maximum atomic E-state index is 2.72. The summed E-state index contributed by atoms with van der Waals surface area (Å²) in [5, 5.41) is 0. The lowest BCUT2D eigenvalue weighted by molar-refractivity contribution is 0.162. The lowest BCUT2D eigenvalue weighted by Gasteiger charge is -2.36. The Labute approximate surface area is 123 Å². The summed E-state index contributed by atoms with van der Waals surface area (Å²) in [7, 11) is 4.28. The predicted molar refractivity (Wildman–Crippen MR) is 86.8 cm³/mol. The van der Waals surface area contributed by atoms with Crippen LogP contribution in [-0.2, 0) is 0 Å². The molecule has 0 aliphatic carbocycles. The van der Waals surface area contributed by atoms with Crippen LogP contribution in [0.15, 0.2) is 24.3 Å². The van der Waals surface area contributed by atoms with E-state index in [2.05, 4.69) is 53.1 Å². The molecule has 2 saturated heterocycles. The second-order valence-corrected chi connectivity index (χ2v) is 6.37. The Morgan fingerprint density at radius 1 is 1.00 bits per heavy atom. The largest absolute Gasteiger partial charge is 0.376 e. The Morgan fingerprint density at radius 3 is 2.65 bits per heavy atom. The van der Waals surface area contributed by atoms with Crippen LogP contribution in [0.2, 0.25) is 0 Å². The van der Waals surface area contributed by atoms with Gasteiger partial charge in [0, 0.05) is 39.8 Å². The molecule has 2 fully saturated rings. The van der Waals surface area contributed by atoms with E-state index in [1.807, 2.05) is 0 Å². The van der Waals surface area contributed by atoms with Crippen LogP contribution in [0.3, 0.4) is 0 Å². The SMILES string of the molecule is CN(C)c1ccccc1N1CCCN2CCCCC2C1. The molecule has 3 nitrogen and oxygen atoms in total. The summed E-state index contributed by atoms with van der Waals surface area (Å²) in [5.41, 5.74) is 2.75. The molecule has 0 saturated carbocycles. The fourth-order valence-electron chi connectivity index (χ4n) is 3.70. The average Bonchev–Trinajstić information content (AvgIpc) is 2.69. The van der Waals surface area contributed by atoms with Crippen molar-refractivity contribution < 1.29 is 0 Å². The molecule has 1 aromatic rings. The highest BCUT2D eigenvalue weighted by atomic mass is 15.3. The summed E-state index contributed by atoms with van der Waals surface area (Å²) >= 11 is 0. The topological polar surface area (TPSA) is 9.72 Å². The third kappa shape index (κ3) is 2.78. The fraction of sp³-hybridized carbons (Fsp3) is 0.647. The monoisotopic (exact) mass is 273 g/mol. The van der Waals surface area contributed by atoms with Crippen molar-refractivity contribution in [2.24, 2.45) is 0 Å². The van der Waals surface area contributed by atoms with Gasteiger partial charge < -0.3 is 9.80 Å². The third-order valence-electron chi connectivity index (χ3n) is 4.76. The zero-order valence-electron chi connectivity index (χ0n) is 12.9. The normalized spacial score (nSPS) is 24.1. The number of piperidine rings is 1. The highest BCUT2D eigenvalue weighted by Crippen LogP contribution is 2.31. The number of nitrogens with zero attached hydrogens (tertiary/aromatic N) is 3. The lowest BCUT2D eigenvalue weighted by Crippen LogP contribution is -2.44. The molecule has 0 spiro atoms. The number of fused-ring (bicyclic) bond motifs is 1. The fourth-order valence-corrected chi connectivity index (χ4v) is 3.70. The van der Waals surface area contributed by atoms with Crippen molar-refractivity contribution in [3.63, 3.8) is 0 Å². The number of benzene rings is 1. The maximum Gasteiger partial charge on any atom is 0.0604 e. The van der Waals surface area contributed by atoms with Gasteiger partial charge in [-0.1, -0.05) is 18.6 Å². The molecule has 0 aromatic heterocycles. The minimum absolute atomic E-state index is 0.765. The Kier molecular flexibility index (Phi) is 4.16. The van der Waals surface area contributed by atoms with Crippen molar-refractivity contribution in [3.05, 3.63) is 24.3 Å². The van der Waals surface area contributed by atoms with Crippen molar-refractivity contribution in [2.75, 3.05) is 50.1 Å². The van der Waals surface area contributed by atoms with Gasteiger partial charge in [-0.2, -0.15) is 0 Å². The highest BCUT2D eigenvalue weighted by Gasteiger charge is 2.27. The molecule has 0 bridgehead atoms. The van der Waals surface area contributed by atoms with E-state index in [1.54, 1.807) is 0 Å². The molecule has 2 aliphatic heterocycles. The molecule has 1 unspecified atom stereocenters. The number of rotatable bonds is 2. The zero-order valence-corrected chi connectivity index (χ0v) is 12.9. The second-order valence-electron chi connectivity index (χ2n) is 6.37. The molecule has 1 aromatic carbocycles. The van der Waals surface area contributed by atoms with Crippen LogP contribution in [0.25, 0.3) is 0 Å². The summed E-state index contributed by atoms with van der Waals surface area (Å²) in [4.78, 5) is 7.58. The molecular weight excluding hydrogens is 246 g/mol. The molecule has 110 valence electrons. The molecule has 0 radical (unpaired) electrons. The number of anilines is 2. The van der Waals surface area contributed by atoms with Gasteiger partial charge in [0.1, 0.15) is 0 Å². The Morgan fingerprint density at radius 2 is 1.80 bits per heavy atom. The van der Waals surface area contributed by atoms with Gasteiger partial charge in [-0.25, -0.2) is 0 Å². The van der Waals surface area contributed by atoms with Crippen LogP contribution in [0.4, 0.5) is 11.4 Å². The van der Waals surface area contributed by atoms with E-state index in [0.29, 0.717) is 0 Å². The minimum Gasteiger partial charge on any atom is -0.376 e. The Balaban J connectivity index is 1.83. The molecule has 0 N–H and O–H groups in total. The Bertz CT molecular complexity index is 444. The van der Waals surface area contributed by atoms with Crippen LogP contribution < -0.4 is 9.80 Å². The highest BCUT2D eigenvalue weighted by molar-refractivity contribution is 5.70. The smallest absolute Gasteiger partial charge is 0.0604 e. The van der Waals surface area contributed by atoms with Gasteiger partial charge in [0.05, 0.1) is 11.4 Å². The van der Waals surface area contributed by atoms with Crippen LogP contribution in [0.5, 0.6) is 0 Å². The average molecular weight is 273 g/mol. The Hall–Kier alpha value is -1.22. The first-order chi connectivity index (χ1) is 9.75. The van der Waals surface area contributed by atoms with Gasteiger partial charge in [0.15, 0.2) is 0 Å². The second kappa shape index (κ2) is 6.04. The summed E-state index contributed by atoms with van der Waals surface area (Å²) in [5.74, 6) is 0. The van der Waals surface area contributed by atoms with Crippen molar-refractivity contribution >= 4 is 11.4 Å². The quantitative estimate of drug-likeness (QED) is 0.820. The summed E-state index contributed by atoms with van der Waals surface area (Å²) in [6, 6.07) is 9.60. The van der Waals surface area contributed by atoms with Crippen molar-refractivity contribution in [1.82, 2.24) is 4.90 Å². The van der Waals surface area contributed by atoms with Crippen molar-refractivity contribution in [1.29, 1.82) is 0 Å². The molecule has 1 atom stereocenters. The van der Waals surface area contributed by atoms with Gasteiger partial charge >= 0.3 is 0 Å². The number of para-hydroxylation sites is 2. The van der Waals surface area contributed by atoms with E-state index in [0.717, 1.165) is 6.04 Å². The van der Waals surface area contributed by atoms with Gasteiger partial charge in [0.2, 0.25) is 0 Å². The molecule has 2 aliphatic rings. The molecule has 0 amide bonds. The number of hydrogen-bond acceptors (Lipinski definition) is 3. The van der Waals surface area contributed by atoms with Gasteiger partial charge in [0.25, 0.3) is 0 Å². The molecular formula is C17H27N3. The van der Waals surface area contributed by atoms with E-state index >= 15 is 0 Å². The maximum absolute atomic E-state index is 2.72. The molecule has 20 heavy (non-hydrogen) atoms. The van der Waals surface area contributed by atoms with Crippen LogP contribution in [0.1, 0.15) is 25.7 Å². The van der Waals surface area contributed by atoms with Crippen LogP contribution >= 0.6 is 0 Å². The summed E-state index contributed by atoms with van der Waals surface area (Å²) in [6.07, 6.45) is 5.47. The number of hydrogen-bond donors (Lipinski definition) is 0.